The number of nitrogens with two attached hydrogens (primary N) is 1. The Balaban J connectivity index is 2.79. The van der Waals surface area contributed by atoms with E-state index in [0.29, 0.717) is 0 Å². The van der Waals surface area contributed by atoms with Crippen molar-refractivity contribution in [3.05, 3.63) is 16.1 Å². The molecule has 1 aromatic heterocycles. The van der Waals surface area contributed by atoms with Crippen molar-refractivity contribution in [1.82, 2.24) is 4.98 Å². The number of thiazole rings is 1. The number of hydrogen-bond acceptors (Lipinski definition) is 3. The van der Waals surface area contributed by atoms with Gasteiger partial charge in [-0.15, -0.1) is 11.3 Å². The molecular formula is C13H24N2S. The molecule has 2 N–H and O–H groups in total. The molecule has 1 unspecified atom stereocenters. The Morgan fingerprint density at radius 3 is 2.19 bits per heavy atom. The van der Waals surface area contributed by atoms with Gasteiger partial charge < -0.3 is 5.73 Å². The van der Waals surface area contributed by atoms with E-state index in [2.05, 4.69) is 51.9 Å². The van der Waals surface area contributed by atoms with Gasteiger partial charge in [0.1, 0.15) is 5.01 Å². The maximum Gasteiger partial charge on any atom is 0.110 e. The third kappa shape index (κ3) is 3.87. The van der Waals surface area contributed by atoms with E-state index in [4.69, 9.17) is 5.73 Å². The molecular weight excluding hydrogens is 216 g/mol. The van der Waals surface area contributed by atoms with Crippen LogP contribution in [0.15, 0.2) is 5.38 Å². The van der Waals surface area contributed by atoms with Crippen molar-refractivity contribution in [1.29, 1.82) is 0 Å². The molecule has 1 aromatic rings. The number of nitrogens with zero attached hydrogens (tertiary/aromatic N) is 1. The fourth-order valence-corrected chi connectivity index (χ4v) is 2.60. The van der Waals surface area contributed by atoms with Crippen molar-refractivity contribution >= 4 is 11.3 Å². The largest absolute Gasteiger partial charge is 0.322 e. The Kier molecular flexibility index (Phi) is 3.80. The first kappa shape index (κ1) is 13.7. The molecule has 92 valence electrons. The molecule has 0 aromatic carbocycles. The monoisotopic (exact) mass is 240 g/mol. The molecule has 0 amide bonds. The fourth-order valence-electron chi connectivity index (χ4n) is 1.55. The van der Waals surface area contributed by atoms with Gasteiger partial charge in [-0.2, -0.15) is 0 Å². The van der Waals surface area contributed by atoms with E-state index in [1.807, 2.05) is 0 Å². The van der Waals surface area contributed by atoms with E-state index >= 15 is 0 Å². The fraction of sp³-hybridized carbons (Fsp3) is 0.769. The zero-order valence-corrected chi connectivity index (χ0v) is 12.1. The summed E-state index contributed by atoms with van der Waals surface area (Å²) in [5.74, 6) is 0. The summed E-state index contributed by atoms with van der Waals surface area (Å²) in [5.41, 5.74) is 7.71. The summed E-state index contributed by atoms with van der Waals surface area (Å²) in [5, 5.41) is 3.21. The highest BCUT2D eigenvalue weighted by Crippen LogP contribution is 2.31. The van der Waals surface area contributed by atoms with Gasteiger partial charge in [0.05, 0.1) is 11.7 Å². The lowest BCUT2D eigenvalue weighted by atomic mass is 9.88. The second-order valence-electron chi connectivity index (χ2n) is 6.69. The summed E-state index contributed by atoms with van der Waals surface area (Å²) in [6, 6.07) is 0.0705. The molecule has 0 saturated heterocycles. The van der Waals surface area contributed by atoms with Crippen LogP contribution in [0.25, 0.3) is 0 Å². The molecule has 16 heavy (non-hydrogen) atoms. The molecule has 2 nitrogen and oxygen atoms in total. The number of rotatable bonds is 2. The predicted octanol–water partition coefficient (Wildman–Crippen LogP) is 3.88. The Bertz CT molecular complexity index is 342. The summed E-state index contributed by atoms with van der Waals surface area (Å²) in [4.78, 5) is 4.66. The van der Waals surface area contributed by atoms with Crippen molar-refractivity contribution in [3.8, 4) is 0 Å². The molecule has 0 radical (unpaired) electrons. The van der Waals surface area contributed by atoms with Crippen LogP contribution in [0.3, 0.4) is 0 Å². The van der Waals surface area contributed by atoms with Gasteiger partial charge in [0.25, 0.3) is 0 Å². The van der Waals surface area contributed by atoms with Crippen molar-refractivity contribution in [2.45, 2.75) is 59.4 Å². The van der Waals surface area contributed by atoms with E-state index in [9.17, 15) is 0 Å². The van der Waals surface area contributed by atoms with Crippen LogP contribution in [0.1, 0.15) is 64.7 Å². The highest BCUT2D eigenvalue weighted by molar-refractivity contribution is 7.09. The Labute approximate surface area is 103 Å². The summed E-state index contributed by atoms with van der Waals surface area (Å²) in [6.07, 6.45) is 0.976. The minimum absolute atomic E-state index is 0.0705. The van der Waals surface area contributed by atoms with Crippen LogP contribution in [-0.4, -0.2) is 4.98 Å². The van der Waals surface area contributed by atoms with E-state index in [1.165, 1.54) is 0 Å². The molecule has 0 aliphatic heterocycles. The molecule has 0 spiro atoms. The lowest BCUT2D eigenvalue weighted by molar-refractivity contribution is 0.342. The van der Waals surface area contributed by atoms with E-state index in [1.54, 1.807) is 11.3 Å². The molecule has 0 saturated carbocycles. The minimum Gasteiger partial charge on any atom is -0.322 e. The summed E-state index contributed by atoms with van der Waals surface area (Å²) >= 11 is 1.69. The van der Waals surface area contributed by atoms with Crippen LogP contribution in [0, 0.1) is 5.41 Å². The molecule has 1 heterocycles. The van der Waals surface area contributed by atoms with Crippen LogP contribution in [-0.2, 0) is 5.41 Å². The molecule has 0 aliphatic carbocycles. The smallest absolute Gasteiger partial charge is 0.110 e. The molecule has 0 bridgehead atoms. The zero-order chi connectivity index (χ0) is 12.6. The Morgan fingerprint density at radius 1 is 1.25 bits per heavy atom. The molecule has 0 aliphatic rings. The van der Waals surface area contributed by atoms with Gasteiger partial charge in [-0.05, 0) is 11.8 Å². The standard InChI is InChI=1S/C13H24N2S/c1-12(2,3)7-9(14)11-15-10(8-16-11)13(4,5)6/h8-9H,7,14H2,1-6H3. The Hall–Kier alpha value is -0.410. The molecule has 1 atom stereocenters. The van der Waals surface area contributed by atoms with E-state index in [0.717, 1.165) is 17.1 Å². The predicted molar refractivity (Wildman–Crippen MR) is 71.8 cm³/mol. The van der Waals surface area contributed by atoms with Crippen LogP contribution in [0.4, 0.5) is 0 Å². The van der Waals surface area contributed by atoms with Gasteiger partial charge >= 0.3 is 0 Å². The van der Waals surface area contributed by atoms with Gasteiger partial charge in [0.2, 0.25) is 0 Å². The average Bonchev–Trinajstić information content (AvgIpc) is 2.46. The van der Waals surface area contributed by atoms with Gasteiger partial charge in [0.15, 0.2) is 0 Å². The second kappa shape index (κ2) is 4.46. The third-order valence-corrected chi connectivity index (χ3v) is 3.42. The highest BCUT2D eigenvalue weighted by atomic mass is 32.1. The molecule has 0 fully saturated rings. The van der Waals surface area contributed by atoms with Gasteiger partial charge in [-0.25, -0.2) is 4.98 Å². The van der Waals surface area contributed by atoms with Crippen LogP contribution in [0.2, 0.25) is 0 Å². The van der Waals surface area contributed by atoms with Gasteiger partial charge in [0, 0.05) is 10.8 Å². The molecule has 3 heteroatoms. The van der Waals surface area contributed by atoms with Crippen LogP contribution < -0.4 is 5.73 Å². The lowest BCUT2D eigenvalue weighted by Crippen LogP contribution is -2.19. The average molecular weight is 240 g/mol. The maximum absolute atomic E-state index is 6.19. The van der Waals surface area contributed by atoms with E-state index < -0.39 is 0 Å². The van der Waals surface area contributed by atoms with Crippen molar-refractivity contribution in [3.63, 3.8) is 0 Å². The maximum atomic E-state index is 6.19. The second-order valence-corrected chi connectivity index (χ2v) is 7.58. The van der Waals surface area contributed by atoms with E-state index in [-0.39, 0.29) is 16.9 Å². The molecule has 1 rings (SSSR count). The van der Waals surface area contributed by atoms with Crippen molar-refractivity contribution in [2.24, 2.45) is 11.1 Å². The van der Waals surface area contributed by atoms with Gasteiger partial charge in [-0.3, -0.25) is 0 Å². The van der Waals surface area contributed by atoms with Crippen molar-refractivity contribution < 1.29 is 0 Å². The normalized spacial score (nSPS) is 15.2. The first-order valence-corrected chi connectivity index (χ1v) is 6.69. The summed E-state index contributed by atoms with van der Waals surface area (Å²) < 4.78 is 0. The summed E-state index contributed by atoms with van der Waals surface area (Å²) in [6.45, 7) is 13.2. The Morgan fingerprint density at radius 2 is 1.81 bits per heavy atom. The van der Waals surface area contributed by atoms with Crippen LogP contribution in [0.5, 0.6) is 0 Å². The quantitative estimate of drug-likeness (QED) is 0.852. The minimum atomic E-state index is 0.0705. The number of hydrogen-bond donors (Lipinski definition) is 1. The highest BCUT2D eigenvalue weighted by Gasteiger charge is 2.22. The van der Waals surface area contributed by atoms with Gasteiger partial charge in [-0.1, -0.05) is 41.5 Å². The summed E-state index contributed by atoms with van der Waals surface area (Å²) in [7, 11) is 0. The van der Waals surface area contributed by atoms with Crippen LogP contribution >= 0.6 is 11.3 Å². The number of aromatic nitrogens is 1. The van der Waals surface area contributed by atoms with Crippen molar-refractivity contribution in [2.75, 3.05) is 0 Å². The first-order valence-electron chi connectivity index (χ1n) is 5.81. The topological polar surface area (TPSA) is 38.9 Å². The SMILES string of the molecule is CC(C)(C)CC(N)c1nc(C(C)(C)C)cs1. The zero-order valence-electron chi connectivity index (χ0n) is 11.3. The lowest BCUT2D eigenvalue weighted by Gasteiger charge is -2.21. The first-order chi connectivity index (χ1) is 7.09. The third-order valence-electron chi connectivity index (χ3n) is 2.44.